The third-order valence-electron chi connectivity index (χ3n) is 13.4. The topological polar surface area (TPSA) is 14.8 Å². The molecule has 0 bridgehead atoms. The van der Waals surface area contributed by atoms with Crippen LogP contribution in [0.4, 0.5) is 0 Å². The lowest BCUT2D eigenvalue weighted by Gasteiger charge is -2.16. The molecule has 0 atom stereocenters. The maximum Gasteiger partial charge on any atom is 0.0555 e. The van der Waals surface area contributed by atoms with Crippen molar-refractivity contribution < 1.29 is 0 Å². The van der Waals surface area contributed by atoms with Crippen LogP contribution in [0.25, 0.3) is 125 Å². The predicted octanol–water partition coefficient (Wildman–Crippen LogP) is 16.7. The Kier molecular flexibility index (Phi) is 7.56. The van der Waals surface area contributed by atoms with Gasteiger partial charge in [0.2, 0.25) is 0 Å². The van der Waals surface area contributed by atoms with Crippen LogP contribution in [0.3, 0.4) is 0 Å². The molecule has 0 radical (unpaired) electrons. The highest BCUT2D eigenvalue weighted by Gasteiger charge is 2.21. The van der Waals surface area contributed by atoms with Gasteiger partial charge in [0.1, 0.15) is 0 Å². The van der Waals surface area contributed by atoms with Crippen LogP contribution < -0.4 is 0 Å². The number of fused-ring (bicyclic) bond motifs is 13. The van der Waals surface area contributed by atoms with E-state index in [2.05, 4.69) is 238 Å². The van der Waals surface area contributed by atoms with Crippen LogP contribution in [0, 0.1) is 0 Å². The molecule has 0 amide bonds. The Morgan fingerprint density at radius 1 is 0.250 bits per heavy atom. The third-order valence-corrected chi connectivity index (χ3v) is 14.6. The number of para-hydroxylation sites is 5. The molecular weight excluding hydrogens is 795 g/mol. The zero-order valence-corrected chi connectivity index (χ0v) is 35.4. The fourth-order valence-corrected chi connectivity index (χ4v) is 11.8. The first kappa shape index (κ1) is 35.4. The Labute approximate surface area is 372 Å². The lowest BCUT2D eigenvalue weighted by Crippen LogP contribution is -2.00. The van der Waals surface area contributed by atoms with Crippen molar-refractivity contribution in [3.63, 3.8) is 0 Å². The molecule has 0 N–H and O–H groups in total. The second-order valence-electron chi connectivity index (χ2n) is 16.9. The molecular formula is C60H37N3S. The van der Waals surface area contributed by atoms with E-state index >= 15 is 0 Å². The lowest BCUT2D eigenvalue weighted by atomic mass is 10.0. The van der Waals surface area contributed by atoms with Gasteiger partial charge in [0.25, 0.3) is 0 Å². The molecule has 4 aromatic heterocycles. The average Bonchev–Trinajstić information content (AvgIpc) is 4.10. The maximum absolute atomic E-state index is 2.49. The van der Waals surface area contributed by atoms with Gasteiger partial charge in [-0.3, -0.25) is 0 Å². The van der Waals surface area contributed by atoms with Crippen LogP contribution in [0.1, 0.15) is 0 Å². The van der Waals surface area contributed by atoms with Crippen molar-refractivity contribution in [1.29, 1.82) is 0 Å². The highest BCUT2D eigenvalue weighted by Crippen LogP contribution is 2.45. The summed E-state index contributed by atoms with van der Waals surface area (Å²) in [5, 5.41) is 10.2. The first-order chi connectivity index (χ1) is 31.7. The van der Waals surface area contributed by atoms with Gasteiger partial charge in [0, 0.05) is 69.6 Å². The van der Waals surface area contributed by atoms with Crippen molar-refractivity contribution in [3.8, 4) is 39.3 Å². The quantitative estimate of drug-likeness (QED) is 0.164. The van der Waals surface area contributed by atoms with E-state index in [4.69, 9.17) is 0 Å². The van der Waals surface area contributed by atoms with Gasteiger partial charge in [-0.15, -0.1) is 11.3 Å². The highest BCUT2D eigenvalue weighted by atomic mass is 32.1. The van der Waals surface area contributed by atoms with Crippen molar-refractivity contribution in [3.05, 3.63) is 224 Å². The Bertz CT molecular complexity index is 4070. The van der Waals surface area contributed by atoms with Crippen molar-refractivity contribution in [1.82, 2.24) is 13.7 Å². The van der Waals surface area contributed by atoms with E-state index in [1.54, 1.807) is 0 Å². The maximum atomic E-state index is 2.49. The molecule has 4 heteroatoms. The molecule has 298 valence electrons. The zero-order valence-electron chi connectivity index (χ0n) is 34.6. The van der Waals surface area contributed by atoms with Crippen molar-refractivity contribution in [2.45, 2.75) is 0 Å². The van der Waals surface area contributed by atoms with Gasteiger partial charge in [-0.25, -0.2) is 0 Å². The van der Waals surface area contributed by atoms with E-state index < -0.39 is 0 Å². The fraction of sp³-hybridized carbons (Fsp3) is 0. The minimum atomic E-state index is 1.14. The summed E-state index contributed by atoms with van der Waals surface area (Å²) < 4.78 is 9.93. The number of hydrogen-bond donors (Lipinski definition) is 0. The largest absolute Gasteiger partial charge is 0.309 e. The molecule has 0 aliphatic rings. The van der Waals surface area contributed by atoms with Gasteiger partial charge < -0.3 is 13.7 Å². The summed E-state index contributed by atoms with van der Waals surface area (Å²) in [6.07, 6.45) is 0. The van der Waals surface area contributed by atoms with Crippen LogP contribution in [0.2, 0.25) is 0 Å². The Balaban J connectivity index is 0.941. The Hall–Kier alpha value is -8.18. The summed E-state index contributed by atoms with van der Waals surface area (Å²) >= 11 is 1.90. The monoisotopic (exact) mass is 831 g/mol. The molecule has 0 saturated heterocycles. The van der Waals surface area contributed by atoms with E-state index in [0.717, 1.165) is 11.4 Å². The number of aromatic nitrogens is 3. The van der Waals surface area contributed by atoms with Gasteiger partial charge >= 0.3 is 0 Å². The van der Waals surface area contributed by atoms with Crippen LogP contribution in [0.15, 0.2) is 224 Å². The molecule has 0 unspecified atom stereocenters. The van der Waals surface area contributed by atoms with Gasteiger partial charge in [-0.2, -0.15) is 0 Å². The van der Waals surface area contributed by atoms with Crippen LogP contribution >= 0.6 is 11.3 Å². The molecule has 64 heavy (non-hydrogen) atoms. The van der Waals surface area contributed by atoms with E-state index in [-0.39, 0.29) is 0 Å². The van der Waals surface area contributed by atoms with Crippen LogP contribution in [-0.2, 0) is 0 Å². The molecule has 14 rings (SSSR count). The van der Waals surface area contributed by atoms with Crippen LogP contribution in [-0.4, -0.2) is 13.7 Å². The summed E-state index contributed by atoms with van der Waals surface area (Å²) in [6.45, 7) is 0. The smallest absolute Gasteiger partial charge is 0.0555 e. The molecule has 0 aliphatic heterocycles. The molecule has 14 aromatic rings. The number of hydrogen-bond acceptors (Lipinski definition) is 1. The first-order valence-corrected chi connectivity index (χ1v) is 22.7. The van der Waals surface area contributed by atoms with E-state index in [0.29, 0.717) is 0 Å². The Morgan fingerprint density at radius 3 is 1.28 bits per heavy atom. The third kappa shape index (κ3) is 5.15. The molecule has 3 nitrogen and oxygen atoms in total. The van der Waals surface area contributed by atoms with Gasteiger partial charge in [0.15, 0.2) is 0 Å². The summed E-state index contributed by atoms with van der Waals surface area (Å²) in [7, 11) is 0. The number of benzene rings is 10. The van der Waals surface area contributed by atoms with Crippen molar-refractivity contribution >= 4 is 96.9 Å². The molecule has 0 aliphatic carbocycles. The molecule has 4 heterocycles. The molecule has 0 saturated carbocycles. The lowest BCUT2D eigenvalue weighted by molar-refractivity contribution is 1.13. The van der Waals surface area contributed by atoms with Gasteiger partial charge in [0.05, 0.1) is 33.1 Å². The van der Waals surface area contributed by atoms with Crippen molar-refractivity contribution in [2.75, 3.05) is 0 Å². The standard InChI is InChI=1S/C60H37N3S/c1-2-14-38(15-3-1)41-34-43(62-54-23-11-6-18-47(54)48-19-7-12-24-55(48)62)37-44(35-41)63-56-25-13-8-20-50(56)59-57(63)32-31-49-51-36-40(28-33-58(51)64-60(49)59)39-26-29-42(30-27-39)61-52-21-9-4-16-45(52)46-17-5-10-22-53(46)61/h1-37H. The predicted molar refractivity (Wildman–Crippen MR) is 273 cm³/mol. The summed E-state index contributed by atoms with van der Waals surface area (Å²) in [5.74, 6) is 0. The van der Waals surface area contributed by atoms with Crippen LogP contribution in [0.5, 0.6) is 0 Å². The number of thiophene rings is 1. The summed E-state index contributed by atoms with van der Waals surface area (Å²) in [5.41, 5.74) is 15.5. The van der Waals surface area contributed by atoms with E-state index in [1.807, 2.05) is 11.3 Å². The SMILES string of the molecule is c1ccc(-c2cc(-n3c4ccccc4c4ccccc43)cc(-n3c4ccccc4c4c5sc6ccc(-c7ccc(-n8c9ccccc9c9ccccc98)cc7)cc6c5ccc43)c2)cc1. The average molecular weight is 832 g/mol. The normalized spacial score (nSPS) is 12.1. The second kappa shape index (κ2) is 13.7. The van der Waals surface area contributed by atoms with E-state index in [9.17, 15) is 0 Å². The second-order valence-corrected chi connectivity index (χ2v) is 17.9. The number of rotatable bonds is 5. The molecule has 0 spiro atoms. The first-order valence-electron chi connectivity index (χ1n) is 21.9. The van der Waals surface area contributed by atoms with Crippen molar-refractivity contribution in [2.24, 2.45) is 0 Å². The Morgan fingerprint density at radius 2 is 0.703 bits per heavy atom. The summed E-state index contributed by atoms with van der Waals surface area (Å²) in [4.78, 5) is 0. The fourth-order valence-electron chi connectivity index (χ4n) is 10.6. The highest BCUT2D eigenvalue weighted by molar-refractivity contribution is 7.26. The van der Waals surface area contributed by atoms with Gasteiger partial charge in [-0.05, 0) is 101 Å². The zero-order chi connectivity index (χ0) is 41.9. The van der Waals surface area contributed by atoms with Gasteiger partial charge in [-0.1, -0.05) is 146 Å². The summed E-state index contributed by atoms with van der Waals surface area (Å²) in [6, 6.07) is 82.6. The molecule has 10 aromatic carbocycles. The number of nitrogens with zero attached hydrogens (tertiary/aromatic N) is 3. The minimum Gasteiger partial charge on any atom is -0.309 e. The molecule has 0 fully saturated rings. The minimum absolute atomic E-state index is 1.14. The van der Waals surface area contributed by atoms with E-state index in [1.165, 1.54) is 114 Å².